The molecule has 98 valence electrons. The lowest BCUT2D eigenvalue weighted by Gasteiger charge is -1.89. The average Bonchev–Trinajstić information content (AvgIpc) is 3.06. The third kappa shape index (κ3) is 2.29. The highest BCUT2D eigenvalue weighted by atomic mass is 32.1. The lowest BCUT2D eigenvalue weighted by atomic mass is 10.5. The van der Waals surface area contributed by atoms with E-state index >= 15 is 0 Å². The van der Waals surface area contributed by atoms with Crippen molar-refractivity contribution in [3.8, 4) is 0 Å². The van der Waals surface area contributed by atoms with Crippen LogP contribution in [0.2, 0.25) is 0 Å². The molecule has 4 nitrogen and oxygen atoms in total. The van der Waals surface area contributed by atoms with Crippen molar-refractivity contribution in [1.29, 1.82) is 0 Å². The Labute approximate surface area is 119 Å². The third-order valence-electron chi connectivity index (χ3n) is 2.81. The number of aryl methyl sites for hydroxylation is 3. The minimum atomic E-state index is 1.08. The maximum Gasteiger partial charge on any atom is 0.194 e. The van der Waals surface area contributed by atoms with Gasteiger partial charge < -0.3 is 0 Å². The highest BCUT2D eigenvalue weighted by molar-refractivity contribution is 7.15. The minimum absolute atomic E-state index is 1.08. The Bertz CT molecular complexity index is 758. The van der Waals surface area contributed by atoms with E-state index in [0.29, 0.717) is 0 Å². The molecule has 0 unspecified atom stereocenters. The van der Waals surface area contributed by atoms with Crippen molar-refractivity contribution >= 4 is 32.6 Å². The summed E-state index contributed by atoms with van der Waals surface area (Å²) in [5, 5.41) is 4.15. The molecular weight excluding hydrogens is 276 g/mol. The fourth-order valence-corrected chi connectivity index (χ4v) is 3.60. The molecule has 0 saturated carbocycles. The molecule has 0 aromatic carbocycles. The molecule has 4 aromatic heterocycles. The number of nitrogens with zero attached hydrogens (tertiary/aromatic N) is 4. The molecular formula is C13H14N4S2. The zero-order valence-corrected chi connectivity index (χ0v) is 12.6. The van der Waals surface area contributed by atoms with Gasteiger partial charge in [0.15, 0.2) is 9.92 Å². The number of hydrogen-bond acceptors (Lipinski definition) is 4. The van der Waals surface area contributed by atoms with Crippen LogP contribution < -0.4 is 0 Å². The first-order valence-electron chi connectivity index (χ1n) is 5.92. The first-order valence-corrected chi connectivity index (χ1v) is 7.68. The van der Waals surface area contributed by atoms with Crippen molar-refractivity contribution in [2.45, 2.75) is 20.8 Å². The van der Waals surface area contributed by atoms with Crippen LogP contribution in [0.15, 0.2) is 29.4 Å². The minimum Gasteiger partial charge on any atom is -0.297 e. The molecule has 6 heteroatoms. The maximum atomic E-state index is 4.25. The van der Waals surface area contributed by atoms with E-state index in [4.69, 9.17) is 0 Å². The quantitative estimate of drug-likeness (QED) is 0.495. The van der Waals surface area contributed by atoms with Gasteiger partial charge in [-0.2, -0.15) is 0 Å². The van der Waals surface area contributed by atoms with E-state index in [-0.39, 0.29) is 0 Å². The molecule has 19 heavy (non-hydrogen) atoms. The second kappa shape index (κ2) is 4.79. The predicted octanol–water partition coefficient (Wildman–Crippen LogP) is 3.72. The first kappa shape index (κ1) is 12.4. The number of hydrogen-bond donors (Lipinski definition) is 0. The van der Waals surface area contributed by atoms with E-state index in [0.717, 1.165) is 15.6 Å². The van der Waals surface area contributed by atoms with Gasteiger partial charge in [0.1, 0.15) is 0 Å². The van der Waals surface area contributed by atoms with Gasteiger partial charge in [0, 0.05) is 40.7 Å². The molecule has 4 rings (SSSR count). The summed E-state index contributed by atoms with van der Waals surface area (Å²) >= 11 is 3.35. The van der Waals surface area contributed by atoms with Crippen LogP contribution in [-0.4, -0.2) is 18.8 Å². The number of imidazole rings is 2. The molecule has 0 atom stereocenters. The molecule has 0 bridgehead atoms. The Morgan fingerprint density at radius 1 is 1.05 bits per heavy atom. The number of thiazole rings is 2. The van der Waals surface area contributed by atoms with Crippen molar-refractivity contribution in [3.05, 3.63) is 46.4 Å². The average molecular weight is 290 g/mol. The van der Waals surface area contributed by atoms with Crippen molar-refractivity contribution in [1.82, 2.24) is 18.8 Å². The predicted molar refractivity (Wildman–Crippen MR) is 80.3 cm³/mol. The van der Waals surface area contributed by atoms with Crippen molar-refractivity contribution in [2.75, 3.05) is 0 Å². The van der Waals surface area contributed by atoms with Crippen molar-refractivity contribution < 1.29 is 0 Å². The third-order valence-corrected chi connectivity index (χ3v) is 4.54. The number of aromatic nitrogens is 4. The SMILES string of the molecule is Cc1cn2ccsc2n1.Cc1cnc2scc(C)n12. The summed E-state index contributed by atoms with van der Waals surface area (Å²) in [5.41, 5.74) is 3.57. The lowest BCUT2D eigenvalue weighted by Crippen LogP contribution is -1.84. The van der Waals surface area contributed by atoms with Crippen LogP contribution >= 0.6 is 22.7 Å². The Morgan fingerprint density at radius 3 is 2.63 bits per heavy atom. The summed E-state index contributed by atoms with van der Waals surface area (Å²) in [6.45, 7) is 6.16. The lowest BCUT2D eigenvalue weighted by molar-refractivity contribution is 1.07. The van der Waals surface area contributed by atoms with Crippen molar-refractivity contribution in [2.24, 2.45) is 0 Å². The molecule has 0 N–H and O–H groups in total. The summed E-state index contributed by atoms with van der Waals surface area (Å²) in [4.78, 5) is 10.6. The highest BCUT2D eigenvalue weighted by Crippen LogP contribution is 2.15. The van der Waals surface area contributed by atoms with Gasteiger partial charge in [0.2, 0.25) is 0 Å². The molecule has 4 aromatic rings. The van der Waals surface area contributed by atoms with Crippen LogP contribution in [0.1, 0.15) is 17.1 Å². The summed E-state index contributed by atoms with van der Waals surface area (Å²) in [6.07, 6.45) is 5.94. The number of rotatable bonds is 0. The molecule has 0 aliphatic heterocycles. The van der Waals surface area contributed by atoms with Crippen LogP contribution in [0.5, 0.6) is 0 Å². The molecule has 0 radical (unpaired) electrons. The van der Waals surface area contributed by atoms with Crippen LogP contribution in [0.3, 0.4) is 0 Å². The summed E-state index contributed by atoms with van der Waals surface area (Å²) < 4.78 is 4.19. The normalized spacial score (nSPS) is 10.9. The fraction of sp³-hybridized carbons (Fsp3) is 0.231. The van der Waals surface area contributed by atoms with E-state index in [1.165, 1.54) is 11.4 Å². The second-order valence-corrected chi connectivity index (χ2v) is 6.08. The highest BCUT2D eigenvalue weighted by Gasteiger charge is 2.01. The van der Waals surface area contributed by atoms with Gasteiger partial charge in [-0.25, -0.2) is 9.97 Å². The van der Waals surface area contributed by atoms with E-state index in [2.05, 4.69) is 33.6 Å². The van der Waals surface area contributed by atoms with E-state index in [1.54, 1.807) is 22.7 Å². The number of fused-ring (bicyclic) bond motifs is 2. The zero-order chi connectivity index (χ0) is 13.4. The standard InChI is InChI=1S/C7H8N2S.C6H6N2S/c1-5-3-8-7-9(5)6(2)4-10-7;1-5-4-8-2-3-9-6(8)7-5/h3-4H,1-2H3;2-4H,1H3. The molecule has 0 aliphatic carbocycles. The molecule has 0 aliphatic rings. The van der Waals surface area contributed by atoms with Gasteiger partial charge in [-0.3, -0.25) is 8.80 Å². The zero-order valence-electron chi connectivity index (χ0n) is 11.0. The van der Waals surface area contributed by atoms with Gasteiger partial charge in [-0.05, 0) is 20.8 Å². The van der Waals surface area contributed by atoms with E-state index in [9.17, 15) is 0 Å². The van der Waals surface area contributed by atoms with Crippen LogP contribution in [0.25, 0.3) is 9.92 Å². The van der Waals surface area contributed by atoms with Gasteiger partial charge in [0.05, 0.1) is 5.69 Å². The molecule has 4 heterocycles. The van der Waals surface area contributed by atoms with Crippen LogP contribution in [0.4, 0.5) is 0 Å². The Hall–Kier alpha value is -1.66. The van der Waals surface area contributed by atoms with Crippen LogP contribution in [-0.2, 0) is 0 Å². The first-order chi connectivity index (χ1) is 9.15. The Balaban J connectivity index is 0.000000117. The maximum absolute atomic E-state index is 4.25. The topological polar surface area (TPSA) is 34.6 Å². The van der Waals surface area contributed by atoms with Gasteiger partial charge in [-0.15, -0.1) is 22.7 Å². The van der Waals surface area contributed by atoms with Gasteiger partial charge in [0.25, 0.3) is 0 Å². The largest absolute Gasteiger partial charge is 0.297 e. The van der Waals surface area contributed by atoms with Crippen LogP contribution in [0, 0.1) is 20.8 Å². The van der Waals surface area contributed by atoms with Crippen molar-refractivity contribution in [3.63, 3.8) is 0 Å². The van der Waals surface area contributed by atoms with Gasteiger partial charge >= 0.3 is 0 Å². The second-order valence-electron chi connectivity index (χ2n) is 4.37. The summed E-state index contributed by atoms with van der Waals surface area (Å²) in [6, 6.07) is 0. The smallest absolute Gasteiger partial charge is 0.194 e. The van der Waals surface area contributed by atoms with E-state index < -0.39 is 0 Å². The Kier molecular flexibility index (Phi) is 3.12. The molecule has 0 saturated heterocycles. The fourth-order valence-electron chi connectivity index (χ4n) is 1.96. The molecule has 0 spiro atoms. The monoisotopic (exact) mass is 290 g/mol. The Morgan fingerprint density at radius 2 is 1.89 bits per heavy atom. The molecule has 0 amide bonds. The summed E-state index contributed by atoms with van der Waals surface area (Å²) in [5.74, 6) is 0. The van der Waals surface area contributed by atoms with Gasteiger partial charge in [-0.1, -0.05) is 0 Å². The molecule has 0 fully saturated rings. The van der Waals surface area contributed by atoms with E-state index in [1.807, 2.05) is 35.3 Å². The summed E-state index contributed by atoms with van der Waals surface area (Å²) in [7, 11) is 0.